The number of rotatable bonds is 3. The van der Waals surface area contributed by atoms with Crippen LogP contribution in [0.15, 0.2) is 36.1 Å². The maximum absolute atomic E-state index is 11.9. The van der Waals surface area contributed by atoms with Gasteiger partial charge in [-0.3, -0.25) is 10.1 Å². The lowest BCUT2D eigenvalue weighted by molar-refractivity contribution is 0.0992. The number of furan rings is 2. The normalized spacial score (nSPS) is 10.8. The topological polar surface area (TPSA) is 94.3 Å². The second-order valence-electron chi connectivity index (χ2n) is 4.30. The molecule has 8 heteroatoms. The monoisotopic (exact) mass is 351 g/mol. The smallest absolute Gasteiger partial charge is 0.322 e. The number of hydrogen-bond donors (Lipinski definition) is 1. The lowest BCUT2D eigenvalue weighted by Crippen LogP contribution is -2.10. The van der Waals surface area contributed by atoms with Gasteiger partial charge in [0.25, 0.3) is 11.8 Å². The van der Waals surface area contributed by atoms with Crippen LogP contribution in [-0.4, -0.2) is 16.1 Å². The third kappa shape index (κ3) is 2.75. The molecule has 3 heterocycles. The number of amides is 1. The van der Waals surface area contributed by atoms with Crippen LogP contribution in [0.25, 0.3) is 11.5 Å². The number of halogens is 1. The molecule has 3 rings (SSSR count). The van der Waals surface area contributed by atoms with Crippen LogP contribution < -0.4 is 5.32 Å². The standard InChI is InChI=1S/C13H10BrN3O4/c1-6-5-8(7(2)19-6)12-16-17-13(21-12)15-11(18)9-3-4-10(14)20-9/h3-5H,1-2H3,(H,15,17,18). The molecule has 0 atom stereocenters. The minimum atomic E-state index is -0.476. The van der Waals surface area contributed by atoms with Crippen LogP contribution in [0, 0.1) is 13.8 Å². The molecule has 0 bridgehead atoms. The van der Waals surface area contributed by atoms with E-state index in [1.54, 1.807) is 19.1 Å². The molecule has 3 aromatic heterocycles. The molecule has 21 heavy (non-hydrogen) atoms. The molecule has 0 radical (unpaired) electrons. The van der Waals surface area contributed by atoms with E-state index < -0.39 is 5.91 Å². The molecule has 0 saturated carbocycles. The third-order valence-corrected chi connectivity index (χ3v) is 3.14. The number of nitrogens with zero attached hydrogens (tertiary/aromatic N) is 2. The van der Waals surface area contributed by atoms with Crippen LogP contribution in [0.2, 0.25) is 0 Å². The number of hydrogen-bond acceptors (Lipinski definition) is 6. The van der Waals surface area contributed by atoms with Gasteiger partial charge in [-0.15, -0.1) is 5.10 Å². The molecule has 108 valence electrons. The summed E-state index contributed by atoms with van der Waals surface area (Å²) < 4.78 is 16.4. The molecule has 3 aromatic rings. The molecule has 7 nitrogen and oxygen atoms in total. The lowest BCUT2D eigenvalue weighted by Gasteiger charge is -1.95. The molecule has 0 aliphatic heterocycles. The maximum Gasteiger partial charge on any atom is 0.322 e. The lowest BCUT2D eigenvalue weighted by atomic mass is 10.2. The minimum Gasteiger partial charge on any atom is -0.466 e. The van der Waals surface area contributed by atoms with Gasteiger partial charge in [-0.05, 0) is 48.0 Å². The first-order valence-corrected chi connectivity index (χ1v) is 6.80. The summed E-state index contributed by atoms with van der Waals surface area (Å²) in [7, 11) is 0. The van der Waals surface area contributed by atoms with E-state index >= 15 is 0 Å². The molecule has 0 unspecified atom stereocenters. The fourth-order valence-electron chi connectivity index (χ4n) is 1.82. The van der Waals surface area contributed by atoms with Crippen LogP contribution in [0.3, 0.4) is 0 Å². The number of aromatic nitrogens is 2. The van der Waals surface area contributed by atoms with Crippen molar-refractivity contribution in [2.75, 3.05) is 5.32 Å². The van der Waals surface area contributed by atoms with Gasteiger partial charge in [0, 0.05) is 0 Å². The minimum absolute atomic E-state index is 0.0132. The van der Waals surface area contributed by atoms with Crippen LogP contribution in [-0.2, 0) is 0 Å². The van der Waals surface area contributed by atoms with Crippen molar-refractivity contribution in [2.24, 2.45) is 0 Å². The highest BCUT2D eigenvalue weighted by Gasteiger charge is 2.17. The molecule has 0 fully saturated rings. The van der Waals surface area contributed by atoms with Crippen molar-refractivity contribution in [2.45, 2.75) is 13.8 Å². The second-order valence-corrected chi connectivity index (χ2v) is 5.08. The highest BCUT2D eigenvalue weighted by Crippen LogP contribution is 2.26. The molecular formula is C13H10BrN3O4. The molecule has 0 spiro atoms. The summed E-state index contributed by atoms with van der Waals surface area (Å²) in [6.45, 7) is 3.62. The van der Waals surface area contributed by atoms with E-state index in [1.165, 1.54) is 6.07 Å². The summed E-state index contributed by atoms with van der Waals surface area (Å²) in [6.07, 6.45) is 0. The Morgan fingerprint density at radius 3 is 2.62 bits per heavy atom. The Balaban J connectivity index is 1.79. The Bertz CT molecular complexity index is 802. The fraction of sp³-hybridized carbons (Fsp3) is 0.154. The molecule has 0 saturated heterocycles. The van der Waals surface area contributed by atoms with Gasteiger partial charge in [0.15, 0.2) is 10.4 Å². The predicted molar refractivity (Wildman–Crippen MR) is 75.8 cm³/mol. The van der Waals surface area contributed by atoms with E-state index in [2.05, 4.69) is 31.4 Å². The van der Waals surface area contributed by atoms with Crippen molar-refractivity contribution in [3.63, 3.8) is 0 Å². The van der Waals surface area contributed by atoms with Crippen molar-refractivity contribution >= 4 is 27.9 Å². The predicted octanol–water partition coefficient (Wildman–Crippen LogP) is 3.55. The molecule has 0 aliphatic rings. The number of nitrogens with one attached hydrogen (secondary N) is 1. The summed E-state index contributed by atoms with van der Waals surface area (Å²) in [5, 5.41) is 10.1. The van der Waals surface area contributed by atoms with Gasteiger partial charge >= 0.3 is 6.01 Å². The van der Waals surface area contributed by atoms with E-state index in [0.29, 0.717) is 16.0 Å². The highest BCUT2D eigenvalue weighted by molar-refractivity contribution is 9.10. The van der Waals surface area contributed by atoms with Gasteiger partial charge < -0.3 is 13.3 Å². The highest BCUT2D eigenvalue weighted by atomic mass is 79.9. The zero-order valence-corrected chi connectivity index (χ0v) is 12.7. The molecular weight excluding hydrogens is 342 g/mol. The van der Waals surface area contributed by atoms with Gasteiger partial charge in [0.2, 0.25) is 0 Å². The second kappa shape index (κ2) is 5.21. The van der Waals surface area contributed by atoms with Gasteiger partial charge in [0.1, 0.15) is 11.5 Å². The van der Waals surface area contributed by atoms with E-state index in [9.17, 15) is 4.79 Å². The van der Waals surface area contributed by atoms with Crippen LogP contribution in [0.1, 0.15) is 22.1 Å². The molecule has 1 N–H and O–H groups in total. The third-order valence-electron chi connectivity index (χ3n) is 2.71. The summed E-state index contributed by atoms with van der Waals surface area (Å²) in [5.41, 5.74) is 0.696. The van der Waals surface area contributed by atoms with Gasteiger partial charge in [0.05, 0.1) is 5.56 Å². The fourth-order valence-corrected chi connectivity index (χ4v) is 2.13. The number of anilines is 1. The first kappa shape index (κ1) is 13.6. The number of carbonyl (C=O) groups is 1. The Hall–Kier alpha value is -2.35. The van der Waals surface area contributed by atoms with Crippen molar-refractivity contribution in [3.8, 4) is 11.5 Å². The largest absolute Gasteiger partial charge is 0.466 e. The molecule has 0 aromatic carbocycles. The van der Waals surface area contributed by atoms with E-state index in [-0.39, 0.29) is 17.7 Å². The Morgan fingerprint density at radius 2 is 2.00 bits per heavy atom. The Labute approximate surface area is 127 Å². The first-order valence-electron chi connectivity index (χ1n) is 6.00. The summed E-state index contributed by atoms with van der Waals surface area (Å²) in [5.74, 6) is 1.35. The number of carbonyl (C=O) groups excluding carboxylic acids is 1. The average Bonchev–Trinajstić information content (AvgIpc) is 3.10. The Kier molecular flexibility index (Phi) is 3.38. The van der Waals surface area contributed by atoms with Gasteiger partial charge in [-0.2, -0.15) is 0 Å². The zero-order chi connectivity index (χ0) is 15.0. The van der Waals surface area contributed by atoms with Gasteiger partial charge in [-0.25, -0.2) is 0 Å². The van der Waals surface area contributed by atoms with Crippen molar-refractivity contribution in [1.29, 1.82) is 0 Å². The van der Waals surface area contributed by atoms with Crippen LogP contribution in [0.5, 0.6) is 0 Å². The number of aryl methyl sites for hydroxylation is 2. The van der Waals surface area contributed by atoms with E-state index in [0.717, 1.165) is 5.76 Å². The van der Waals surface area contributed by atoms with Crippen LogP contribution >= 0.6 is 15.9 Å². The van der Waals surface area contributed by atoms with E-state index in [4.69, 9.17) is 13.3 Å². The Morgan fingerprint density at radius 1 is 1.19 bits per heavy atom. The first-order chi connectivity index (χ1) is 10.0. The average molecular weight is 352 g/mol. The van der Waals surface area contributed by atoms with E-state index in [1.807, 2.05) is 6.92 Å². The summed E-state index contributed by atoms with van der Waals surface area (Å²) in [6, 6.07) is 4.92. The maximum atomic E-state index is 11.9. The van der Waals surface area contributed by atoms with Crippen LogP contribution in [0.4, 0.5) is 6.01 Å². The van der Waals surface area contributed by atoms with Gasteiger partial charge in [-0.1, -0.05) is 5.10 Å². The summed E-state index contributed by atoms with van der Waals surface area (Å²) >= 11 is 3.12. The van der Waals surface area contributed by atoms with Crippen molar-refractivity contribution < 1.29 is 18.0 Å². The molecule has 1 amide bonds. The van der Waals surface area contributed by atoms with Crippen molar-refractivity contribution in [3.05, 3.63) is 40.1 Å². The zero-order valence-electron chi connectivity index (χ0n) is 11.1. The SMILES string of the molecule is Cc1cc(-c2nnc(NC(=O)c3ccc(Br)o3)o2)c(C)o1. The quantitative estimate of drug-likeness (QED) is 0.775. The molecule has 0 aliphatic carbocycles. The summed E-state index contributed by atoms with van der Waals surface area (Å²) in [4.78, 5) is 11.9. The van der Waals surface area contributed by atoms with Crippen molar-refractivity contribution in [1.82, 2.24) is 10.2 Å².